The number of amides is 1. The third kappa shape index (κ3) is 2.17. The molecule has 0 bridgehead atoms. The summed E-state index contributed by atoms with van der Waals surface area (Å²) in [5.74, 6) is 0. The Morgan fingerprint density at radius 3 is 2.88 bits per heavy atom. The van der Waals surface area contributed by atoms with E-state index in [0.717, 1.165) is 5.56 Å². The van der Waals surface area contributed by atoms with Crippen molar-refractivity contribution in [3.63, 3.8) is 0 Å². The molecule has 16 heavy (non-hydrogen) atoms. The largest absolute Gasteiger partial charge is 0.443 e. The number of aryl methyl sites for hydroxylation is 1. The summed E-state index contributed by atoms with van der Waals surface area (Å²) >= 11 is 0. The summed E-state index contributed by atoms with van der Waals surface area (Å²) in [7, 11) is 0. The first-order valence-electron chi connectivity index (χ1n) is 5.41. The van der Waals surface area contributed by atoms with Crippen LogP contribution in [0.3, 0.4) is 0 Å². The van der Waals surface area contributed by atoms with Gasteiger partial charge in [0.15, 0.2) is 0 Å². The van der Waals surface area contributed by atoms with Crippen LogP contribution in [-0.4, -0.2) is 30.2 Å². The van der Waals surface area contributed by atoms with Gasteiger partial charge in [0, 0.05) is 13.1 Å². The second-order valence-corrected chi connectivity index (χ2v) is 4.05. The molecule has 1 unspecified atom stereocenters. The average molecular weight is 220 g/mol. The van der Waals surface area contributed by atoms with Crippen LogP contribution in [0, 0.1) is 6.92 Å². The molecule has 1 fully saturated rings. The summed E-state index contributed by atoms with van der Waals surface area (Å²) < 4.78 is 5.10. The summed E-state index contributed by atoms with van der Waals surface area (Å²) in [5.41, 5.74) is 7.81. The van der Waals surface area contributed by atoms with Crippen LogP contribution in [0.4, 0.5) is 4.79 Å². The lowest BCUT2D eigenvalue weighted by Gasteiger charge is -2.14. The number of nitrogens with two attached hydrogens (primary N) is 1. The van der Waals surface area contributed by atoms with Crippen LogP contribution in [0.2, 0.25) is 0 Å². The highest BCUT2D eigenvalue weighted by atomic mass is 16.6. The molecular formula is C12H16N2O2. The minimum Gasteiger partial charge on any atom is -0.443 e. The highest BCUT2D eigenvalue weighted by molar-refractivity contribution is 5.70. The Bertz CT molecular complexity index is 392. The molecule has 1 amide bonds. The monoisotopic (exact) mass is 220 g/mol. The van der Waals surface area contributed by atoms with Crippen LogP contribution in [0.5, 0.6) is 0 Å². The van der Waals surface area contributed by atoms with Crippen molar-refractivity contribution < 1.29 is 9.53 Å². The van der Waals surface area contributed by atoms with Crippen molar-refractivity contribution in [1.82, 2.24) is 4.90 Å². The van der Waals surface area contributed by atoms with E-state index in [2.05, 4.69) is 0 Å². The molecule has 1 saturated heterocycles. The van der Waals surface area contributed by atoms with Crippen LogP contribution >= 0.6 is 0 Å². The van der Waals surface area contributed by atoms with Crippen LogP contribution in [0.15, 0.2) is 24.3 Å². The third-order valence-corrected chi connectivity index (χ3v) is 2.84. The first kappa shape index (κ1) is 11.0. The summed E-state index contributed by atoms with van der Waals surface area (Å²) in [6.07, 6.45) is -0.421. The Labute approximate surface area is 95.0 Å². The Balaban J connectivity index is 2.06. The van der Waals surface area contributed by atoms with E-state index in [1.54, 1.807) is 4.90 Å². The predicted molar refractivity (Wildman–Crippen MR) is 60.9 cm³/mol. The van der Waals surface area contributed by atoms with Gasteiger partial charge in [-0.3, -0.25) is 0 Å². The van der Waals surface area contributed by atoms with Gasteiger partial charge in [0.2, 0.25) is 0 Å². The minimum absolute atomic E-state index is 0.156. The molecular weight excluding hydrogens is 204 g/mol. The van der Waals surface area contributed by atoms with Crippen LogP contribution in [-0.2, 0) is 11.3 Å². The number of carbonyl (C=O) groups excluding carboxylic acids is 1. The Morgan fingerprint density at radius 1 is 1.50 bits per heavy atom. The van der Waals surface area contributed by atoms with Crippen molar-refractivity contribution in [3.05, 3.63) is 35.4 Å². The number of carbonyl (C=O) groups is 1. The molecule has 0 radical (unpaired) electrons. The highest BCUT2D eigenvalue weighted by Gasteiger charge is 2.30. The van der Waals surface area contributed by atoms with E-state index in [0.29, 0.717) is 19.6 Å². The van der Waals surface area contributed by atoms with Gasteiger partial charge >= 0.3 is 6.09 Å². The molecule has 1 atom stereocenters. The van der Waals surface area contributed by atoms with Crippen molar-refractivity contribution in [2.24, 2.45) is 5.73 Å². The van der Waals surface area contributed by atoms with Crippen molar-refractivity contribution >= 4 is 6.09 Å². The maximum atomic E-state index is 11.5. The van der Waals surface area contributed by atoms with E-state index >= 15 is 0 Å². The van der Waals surface area contributed by atoms with Crippen LogP contribution in [0.25, 0.3) is 0 Å². The average Bonchev–Trinajstić information content (AvgIpc) is 2.63. The maximum Gasteiger partial charge on any atom is 0.410 e. The Kier molecular flexibility index (Phi) is 3.10. The third-order valence-electron chi connectivity index (χ3n) is 2.84. The fourth-order valence-electron chi connectivity index (χ4n) is 1.82. The molecule has 0 saturated carbocycles. The highest BCUT2D eigenvalue weighted by Crippen LogP contribution is 2.16. The van der Waals surface area contributed by atoms with Gasteiger partial charge in [0.05, 0.1) is 6.54 Å². The maximum absolute atomic E-state index is 11.5. The van der Waals surface area contributed by atoms with E-state index in [1.165, 1.54) is 5.56 Å². The van der Waals surface area contributed by atoms with E-state index in [1.807, 2.05) is 31.2 Å². The van der Waals surface area contributed by atoms with E-state index in [9.17, 15) is 4.79 Å². The summed E-state index contributed by atoms with van der Waals surface area (Å²) in [6.45, 7) is 3.61. The number of cyclic esters (lactones) is 1. The molecule has 1 aromatic carbocycles. The molecule has 1 heterocycles. The quantitative estimate of drug-likeness (QED) is 0.834. The molecule has 0 aromatic heterocycles. The summed E-state index contributed by atoms with van der Waals surface area (Å²) in [4.78, 5) is 13.2. The van der Waals surface area contributed by atoms with Gasteiger partial charge in [-0.25, -0.2) is 4.79 Å². The van der Waals surface area contributed by atoms with Crippen LogP contribution in [0.1, 0.15) is 11.1 Å². The van der Waals surface area contributed by atoms with Gasteiger partial charge in [-0.15, -0.1) is 0 Å². The zero-order valence-electron chi connectivity index (χ0n) is 9.35. The van der Waals surface area contributed by atoms with Gasteiger partial charge < -0.3 is 15.4 Å². The second kappa shape index (κ2) is 4.53. The normalized spacial score (nSPS) is 20.0. The fourth-order valence-corrected chi connectivity index (χ4v) is 1.82. The van der Waals surface area contributed by atoms with E-state index < -0.39 is 0 Å². The summed E-state index contributed by atoms with van der Waals surface area (Å²) in [5, 5.41) is 0. The first-order chi connectivity index (χ1) is 7.70. The zero-order valence-corrected chi connectivity index (χ0v) is 9.35. The summed E-state index contributed by atoms with van der Waals surface area (Å²) in [6, 6.07) is 8.03. The topological polar surface area (TPSA) is 55.6 Å². The molecule has 86 valence electrons. The fraction of sp³-hybridized carbons (Fsp3) is 0.417. The van der Waals surface area contributed by atoms with E-state index in [4.69, 9.17) is 10.5 Å². The second-order valence-electron chi connectivity index (χ2n) is 4.05. The van der Waals surface area contributed by atoms with Crippen molar-refractivity contribution in [1.29, 1.82) is 0 Å². The van der Waals surface area contributed by atoms with Crippen molar-refractivity contribution in [2.75, 3.05) is 13.1 Å². The molecule has 2 rings (SSSR count). The van der Waals surface area contributed by atoms with Gasteiger partial charge in [0.1, 0.15) is 6.10 Å². The van der Waals surface area contributed by atoms with Gasteiger partial charge in [-0.05, 0) is 18.1 Å². The molecule has 0 aliphatic carbocycles. The van der Waals surface area contributed by atoms with Crippen LogP contribution < -0.4 is 5.73 Å². The minimum atomic E-state index is -0.265. The Morgan fingerprint density at radius 2 is 2.25 bits per heavy atom. The molecule has 1 aromatic rings. The number of hydrogen-bond acceptors (Lipinski definition) is 3. The first-order valence-corrected chi connectivity index (χ1v) is 5.41. The lowest BCUT2D eigenvalue weighted by molar-refractivity contribution is 0.134. The predicted octanol–water partition coefficient (Wildman–Crippen LogP) is 1.27. The van der Waals surface area contributed by atoms with E-state index in [-0.39, 0.29) is 12.2 Å². The molecule has 1 aliphatic rings. The number of hydrogen-bond donors (Lipinski definition) is 1. The molecule has 2 N–H and O–H groups in total. The lowest BCUT2D eigenvalue weighted by Crippen LogP contribution is -2.27. The lowest BCUT2D eigenvalue weighted by atomic mass is 10.1. The van der Waals surface area contributed by atoms with Crippen molar-refractivity contribution in [3.8, 4) is 0 Å². The Hall–Kier alpha value is -1.55. The number of rotatable bonds is 3. The number of nitrogens with zero attached hydrogens (tertiary/aromatic N) is 1. The number of ether oxygens (including phenoxy) is 1. The van der Waals surface area contributed by atoms with Gasteiger partial charge in [-0.1, -0.05) is 24.3 Å². The zero-order chi connectivity index (χ0) is 11.5. The standard InChI is InChI=1S/C12H16N2O2/c1-9-4-2-3-5-10(9)7-14-8-11(6-13)16-12(14)15/h2-5,11H,6-8,13H2,1H3. The van der Waals surface area contributed by atoms with Gasteiger partial charge in [0.25, 0.3) is 0 Å². The molecule has 4 nitrogen and oxygen atoms in total. The van der Waals surface area contributed by atoms with Gasteiger partial charge in [-0.2, -0.15) is 0 Å². The number of benzene rings is 1. The smallest absolute Gasteiger partial charge is 0.410 e. The van der Waals surface area contributed by atoms with Crippen molar-refractivity contribution in [2.45, 2.75) is 19.6 Å². The SMILES string of the molecule is Cc1ccccc1CN1CC(CN)OC1=O. The molecule has 0 spiro atoms. The molecule has 4 heteroatoms. The molecule has 1 aliphatic heterocycles.